The van der Waals surface area contributed by atoms with E-state index in [-0.39, 0.29) is 11.4 Å². The van der Waals surface area contributed by atoms with Gasteiger partial charge in [-0.1, -0.05) is 26.2 Å². The fraction of sp³-hybridized carbons (Fsp3) is 0.875. The number of piperidine rings is 1. The van der Waals surface area contributed by atoms with Gasteiger partial charge < -0.3 is 15.7 Å². The second kappa shape index (κ2) is 6.34. The number of hydrogen-bond donors (Lipinski definition) is 2. The molecular weight excluding hydrogens is 268 g/mol. The number of nitrogens with two attached hydrogens (primary N) is 1. The largest absolute Gasteiger partial charge is 0.481 e. The number of likely N-dealkylation sites (tertiary alicyclic amines) is 1. The quantitative estimate of drug-likeness (QED) is 0.814. The molecule has 1 atom stereocenters. The first-order valence-electron chi connectivity index (χ1n) is 8.21. The van der Waals surface area contributed by atoms with Crippen LogP contribution in [0, 0.1) is 5.41 Å². The Bertz CT molecular complexity index is 400. The highest BCUT2D eigenvalue weighted by atomic mass is 16.4. The van der Waals surface area contributed by atoms with Crippen molar-refractivity contribution >= 4 is 11.9 Å². The Hall–Kier alpha value is -1.10. The second-order valence-electron chi connectivity index (χ2n) is 7.00. The minimum absolute atomic E-state index is 0.0424. The van der Waals surface area contributed by atoms with Gasteiger partial charge in [-0.05, 0) is 32.1 Å². The van der Waals surface area contributed by atoms with Crippen molar-refractivity contribution in [2.24, 2.45) is 11.1 Å². The number of amides is 1. The van der Waals surface area contributed by atoms with Crippen LogP contribution in [0.5, 0.6) is 0 Å². The molecule has 1 saturated heterocycles. The van der Waals surface area contributed by atoms with Crippen LogP contribution >= 0.6 is 0 Å². The van der Waals surface area contributed by atoms with E-state index in [1.165, 1.54) is 0 Å². The predicted octanol–water partition coefficient (Wildman–Crippen LogP) is 2.14. The molecule has 5 heteroatoms. The molecule has 5 nitrogen and oxygen atoms in total. The van der Waals surface area contributed by atoms with Crippen molar-refractivity contribution in [2.45, 2.75) is 70.3 Å². The Morgan fingerprint density at radius 3 is 2.43 bits per heavy atom. The van der Waals surface area contributed by atoms with Gasteiger partial charge in [0.15, 0.2) is 0 Å². The van der Waals surface area contributed by atoms with Crippen molar-refractivity contribution in [3.63, 3.8) is 0 Å². The molecule has 1 amide bonds. The summed E-state index contributed by atoms with van der Waals surface area (Å²) in [4.78, 5) is 26.0. The fourth-order valence-electron chi connectivity index (χ4n) is 3.98. The maximum Gasteiger partial charge on any atom is 0.311 e. The van der Waals surface area contributed by atoms with Gasteiger partial charge >= 0.3 is 5.97 Å². The molecule has 1 saturated carbocycles. The van der Waals surface area contributed by atoms with E-state index >= 15 is 0 Å². The lowest BCUT2D eigenvalue weighted by Crippen LogP contribution is -2.52. The third kappa shape index (κ3) is 3.57. The van der Waals surface area contributed by atoms with E-state index in [1.807, 2.05) is 6.92 Å². The topological polar surface area (TPSA) is 83.6 Å². The smallest absolute Gasteiger partial charge is 0.311 e. The van der Waals surface area contributed by atoms with Crippen LogP contribution in [0.15, 0.2) is 0 Å². The summed E-state index contributed by atoms with van der Waals surface area (Å²) < 4.78 is 0. The van der Waals surface area contributed by atoms with Crippen molar-refractivity contribution in [3.05, 3.63) is 0 Å². The molecule has 0 spiro atoms. The Labute approximate surface area is 126 Å². The highest BCUT2D eigenvalue weighted by molar-refractivity contribution is 5.80. The normalized spacial score (nSPS) is 28.6. The molecule has 1 heterocycles. The predicted molar refractivity (Wildman–Crippen MR) is 80.8 cm³/mol. The second-order valence-corrected chi connectivity index (χ2v) is 7.00. The number of carbonyl (C=O) groups excluding carboxylic acids is 1. The van der Waals surface area contributed by atoms with Gasteiger partial charge in [0.2, 0.25) is 5.91 Å². The Balaban J connectivity index is 2.02. The summed E-state index contributed by atoms with van der Waals surface area (Å²) in [7, 11) is 0. The summed E-state index contributed by atoms with van der Waals surface area (Å²) in [5.74, 6) is -0.717. The molecule has 2 fully saturated rings. The van der Waals surface area contributed by atoms with Crippen LogP contribution in [0.25, 0.3) is 0 Å². The summed E-state index contributed by atoms with van der Waals surface area (Å²) in [6.07, 6.45) is 7.29. The molecular formula is C16H28N2O3. The monoisotopic (exact) mass is 296 g/mol. The van der Waals surface area contributed by atoms with Gasteiger partial charge in [-0.3, -0.25) is 9.59 Å². The molecule has 0 bridgehead atoms. The number of nitrogens with zero attached hydrogens (tertiary/aromatic N) is 1. The summed E-state index contributed by atoms with van der Waals surface area (Å²) >= 11 is 0. The van der Waals surface area contributed by atoms with Crippen LogP contribution < -0.4 is 5.73 Å². The van der Waals surface area contributed by atoms with Crippen LogP contribution in [0.4, 0.5) is 0 Å². The van der Waals surface area contributed by atoms with Crippen LogP contribution in [-0.4, -0.2) is 40.5 Å². The zero-order valence-electron chi connectivity index (χ0n) is 13.1. The van der Waals surface area contributed by atoms with Gasteiger partial charge in [0, 0.05) is 25.0 Å². The van der Waals surface area contributed by atoms with Gasteiger partial charge in [-0.2, -0.15) is 0 Å². The highest BCUT2D eigenvalue weighted by Crippen LogP contribution is 2.36. The van der Waals surface area contributed by atoms with E-state index in [1.54, 1.807) is 4.90 Å². The van der Waals surface area contributed by atoms with Crippen LogP contribution in [0.1, 0.15) is 64.7 Å². The van der Waals surface area contributed by atoms with E-state index in [0.29, 0.717) is 32.4 Å². The third-order valence-corrected chi connectivity index (χ3v) is 5.21. The number of rotatable bonds is 5. The molecule has 1 unspecified atom stereocenters. The molecule has 120 valence electrons. The van der Waals surface area contributed by atoms with Crippen LogP contribution in [-0.2, 0) is 9.59 Å². The minimum atomic E-state index is -0.759. The molecule has 0 radical (unpaired) electrons. The lowest BCUT2D eigenvalue weighted by atomic mass is 9.76. The van der Waals surface area contributed by atoms with Gasteiger partial charge in [-0.25, -0.2) is 0 Å². The molecule has 1 aliphatic carbocycles. The van der Waals surface area contributed by atoms with E-state index in [2.05, 4.69) is 0 Å². The van der Waals surface area contributed by atoms with Crippen LogP contribution in [0.2, 0.25) is 0 Å². The number of aliphatic carboxylic acids is 1. The minimum Gasteiger partial charge on any atom is -0.481 e. The summed E-state index contributed by atoms with van der Waals surface area (Å²) in [5, 5.41) is 9.59. The van der Waals surface area contributed by atoms with Crippen molar-refractivity contribution in [2.75, 3.05) is 13.1 Å². The summed E-state index contributed by atoms with van der Waals surface area (Å²) in [6, 6.07) is 0. The first-order valence-corrected chi connectivity index (χ1v) is 8.21. The first kappa shape index (κ1) is 16.3. The maximum absolute atomic E-state index is 12.5. The molecule has 2 aliphatic rings. The van der Waals surface area contributed by atoms with E-state index in [4.69, 9.17) is 5.73 Å². The van der Waals surface area contributed by atoms with Crippen LogP contribution in [0.3, 0.4) is 0 Å². The summed E-state index contributed by atoms with van der Waals surface area (Å²) in [5.41, 5.74) is 5.18. The maximum atomic E-state index is 12.5. The standard InChI is InChI=1S/C16H28N2O3/c1-2-6-15(14(20)21)7-5-10-18(12-15)13(19)11-16(17)8-3-4-9-16/h2-12,17H2,1H3,(H,20,21). The van der Waals surface area contributed by atoms with E-state index in [0.717, 1.165) is 38.5 Å². The number of hydrogen-bond acceptors (Lipinski definition) is 3. The van der Waals surface area contributed by atoms with Gasteiger partial charge in [-0.15, -0.1) is 0 Å². The first-order chi connectivity index (χ1) is 9.91. The van der Waals surface area contributed by atoms with Gasteiger partial charge in [0.05, 0.1) is 5.41 Å². The Morgan fingerprint density at radius 2 is 1.86 bits per heavy atom. The van der Waals surface area contributed by atoms with Gasteiger partial charge in [0.1, 0.15) is 0 Å². The van der Waals surface area contributed by atoms with E-state index in [9.17, 15) is 14.7 Å². The van der Waals surface area contributed by atoms with Crippen molar-refractivity contribution < 1.29 is 14.7 Å². The number of carboxylic acid groups (broad SMARTS) is 1. The number of carboxylic acids is 1. The third-order valence-electron chi connectivity index (χ3n) is 5.21. The fourth-order valence-corrected chi connectivity index (χ4v) is 3.98. The lowest BCUT2D eigenvalue weighted by Gasteiger charge is -2.41. The SMILES string of the molecule is CCCC1(C(=O)O)CCCN(C(=O)CC2(N)CCCC2)C1. The molecule has 0 aromatic rings. The zero-order chi connectivity index (χ0) is 15.5. The Kier molecular flexibility index (Phi) is 4.91. The number of carbonyl (C=O) groups is 2. The lowest BCUT2D eigenvalue weighted by molar-refractivity contribution is -0.155. The van der Waals surface area contributed by atoms with Gasteiger partial charge in [0.25, 0.3) is 0 Å². The molecule has 0 aromatic heterocycles. The van der Waals surface area contributed by atoms with E-state index < -0.39 is 11.4 Å². The molecule has 3 N–H and O–H groups in total. The summed E-state index contributed by atoms with van der Waals surface area (Å²) in [6.45, 7) is 3.03. The molecule has 1 aliphatic heterocycles. The Morgan fingerprint density at radius 1 is 1.19 bits per heavy atom. The molecule has 2 rings (SSSR count). The molecule has 0 aromatic carbocycles. The average Bonchev–Trinajstić information content (AvgIpc) is 2.85. The molecule has 21 heavy (non-hydrogen) atoms. The zero-order valence-corrected chi connectivity index (χ0v) is 13.1. The average molecular weight is 296 g/mol. The van der Waals surface area contributed by atoms with Crippen molar-refractivity contribution in [1.82, 2.24) is 4.90 Å². The highest BCUT2D eigenvalue weighted by Gasteiger charge is 2.43. The van der Waals surface area contributed by atoms with Crippen molar-refractivity contribution in [1.29, 1.82) is 0 Å². The van der Waals surface area contributed by atoms with Crippen molar-refractivity contribution in [3.8, 4) is 0 Å².